The molecule has 0 spiro atoms. The Morgan fingerprint density at radius 1 is 1.03 bits per heavy atom. The van der Waals surface area contributed by atoms with E-state index >= 15 is 0 Å². The van der Waals surface area contributed by atoms with Gasteiger partial charge in [-0.15, -0.1) is 0 Å². The first-order valence-corrected chi connectivity index (χ1v) is 11.7. The number of amides is 1. The molecule has 1 N–H and O–H groups in total. The number of halogens is 1. The van der Waals surface area contributed by atoms with E-state index in [-0.39, 0.29) is 22.2 Å². The zero-order chi connectivity index (χ0) is 22.2. The van der Waals surface area contributed by atoms with E-state index in [2.05, 4.69) is 5.32 Å². The SMILES string of the molecule is O=C1CCCN1c1ccc(Nc2ccc(S(=O)(=O)N3CCCC3)cc2[N+](=O)[O-])cc1Cl. The third-order valence-corrected chi connectivity index (χ3v) is 7.66. The summed E-state index contributed by atoms with van der Waals surface area (Å²) in [6.45, 7) is 1.44. The Hall–Kier alpha value is -2.69. The molecule has 0 aliphatic carbocycles. The lowest BCUT2D eigenvalue weighted by molar-refractivity contribution is -0.384. The van der Waals surface area contributed by atoms with Gasteiger partial charge in [0.05, 0.1) is 20.5 Å². The van der Waals surface area contributed by atoms with Gasteiger partial charge in [-0.3, -0.25) is 14.9 Å². The number of carbonyl (C=O) groups excluding carboxylic acids is 1. The molecule has 2 aliphatic heterocycles. The van der Waals surface area contributed by atoms with Gasteiger partial charge in [0.25, 0.3) is 5.69 Å². The third kappa shape index (κ3) is 4.23. The lowest BCUT2D eigenvalue weighted by atomic mass is 10.2. The van der Waals surface area contributed by atoms with Crippen LogP contribution in [0.3, 0.4) is 0 Å². The highest BCUT2D eigenvalue weighted by molar-refractivity contribution is 7.89. The summed E-state index contributed by atoms with van der Waals surface area (Å²) in [4.78, 5) is 24.5. The van der Waals surface area contributed by atoms with Crippen molar-refractivity contribution in [2.24, 2.45) is 0 Å². The number of hydrogen-bond donors (Lipinski definition) is 1. The van der Waals surface area contributed by atoms with Gasteiger partial charge in [0.1, 0.15) is 5.69 Å². The topological polar surface area (TPSA) is 113 Å². The maximum atomic E-state index is 12.7. The molecule has 31 heavy (non-hydrogen) atoms. The Bertz CT molecular complexity index is 1150. The van der Waals surface area contributed by atoms with Crippen molar-refractivity contribution in [1.82, 2.24) is 4.31 Å². The Balaban J connectivity index is 1.62. The highest BCUT2D eigenvalue weighted by Gasteiger charge is 2.29. The molecule has 0 atom stereocenters. The Labute approximate surface area is 184 Å². The molecule has 164 valence electrons. The summed E-state index contributed by atoms with van der Waals surface area (Å²) in [6.07, 6.45) is 2.81. The summed E-state index contributed by atoms with van der Waals surface area (Å²) in [7, 11) is -3.77. The van der Waals surface area contributed by atoms with Crippen LogP contribution in [0.25, 0.3) is 0 Å². The molecule has 2 saturated heterocycles. The molecular formula is C20H21ClN4O5S. The van der Waals surface area contributed by atoms with Crippen LogP contribution in [0, 0.1) is 10.1 Å². The van der Waals surface area contributed by atoms with E-state index in [0.29, 0.717) is 42.5 Å². The average Bonchev–Trinajstić information content (AvgIpc) is 3.41. The monoisotopic (exact) mass is 464 g/mol. The molecule has 2 aromatic carbocycles. The van der Waals surface area contributed by atoms with Crippen LogP contribution in [-0.4, -0.2) is 43.2 Å². The van der Waals surface area contributed by atoms with Gasteiger partial charge in [-0.25, -0.2) is 8.42 Å². The standard InChI is InChI=1S/C20H21ClN4O5S/c21-16-12-14(5-8-18(16)24-11-3-4-20(24)26)22-17-7-6-15(13-19(17)25(27)28)31(29,30)23-9-1-2-10-23/h5-8,12-13,22H,1-4,9-11H2. The number of benzene rings is 2. The van der Waals surface area contributed by atoms with E-state index in [1.807, 2.05) is 0 Å². The van der Waals surface area contributed by atoms with Gasteiger partial charge >= 0.3 is 0 Å². The fourth-order valence-electron chi connectivity index (χ4n) is 3.87. The van der Waals surface area contributed by atoms with Crippen LogP contribution in [0.4, 0.5) is 22.7 Å². The number of nitro groups is 1. The van der Waals surface area contributed by atoms with Gasteiger partial charge < -0.3 is 10.2 Å². The quantitative estimate of drug-likeness (QED) is 0.512. The molecular weight excluding hydrogens is 444 g/mol. The summed E-state index contributed by atoms with van der Waals surface area (Å²) >= 11 is 6.35. The van der Waals surface area contributed by atoms with Crippen molar-refractivity contribution in [2.75, 3.05) is 29.9 Å². The molecule has 11 heteroatoms. The first kappa shape index (κ1) is 21.5. The fraction of sp³-hybridized carbons (Fsp3) is 0.350. The van der Waals surface area contributed by atoms with E-state index in [0.717, 1.165) is 25.3 Å². The van der Waals surface area contributed by atoms with Crippen LogP contribution in [0.5, 0.6) is 0 Å². The molecule has 0 radical (unpaired) electrons. The van der Waals surface area contributed by atoms with Crippen LogP contribution in [-0.2, 0) is 14.8 Å². The number of hydrogen-bond acceptors (Lipinski definition) is 6. The van der Waals surface area contributed by atoms with Crippen LogP contribution in [0.1, 0.15) is 25.7 Å². The minimum atomic E-state index is -3.77. The fourth-order valence-corrected chi connectivity index (χ4v) is 5.69. The lowest BCUT2D eigenvalue weighted by Gasteiger charge is -2.18. The summed E-state index contributed by atoms with van der Waals surface area (Å²) in [5.41, 5.74) is 0.872. The molecule has 2 aliphatic rings. The molecule has 9 nitrogen and oxygen atoms in total. The number of sulfonamides is 1. The molecule has 2 heterocycles. The molecule has 2 fully saturated rings. The van der Waals surface area contributed by atoms with Gasteiger partial charge in [0, 0.05) is 37.8 Å². The molecule has 0 aromatic heterocycles. The Morgan fingerprint density at radius 2 is 1.77 bits per heavy atom. The van der Waals surface area contributed by atoms with Crippen molar-refractivity contribution in [3.63, 3.8) is 0 Å². The highest BCUT2D eigenvalue weighted by Crippen LogP contribution is 2.35. The van der Waals surface area contributed by atoms with Gasteiger partial charge in [0.15, 0.2) is 0 Å². The Morgan fingerprint density at radius 3 is 2.39 bits per heavy atom. The lowest BCUT2D eigenvalue weighted by Crippen LogP contribution is -2.27. The van der Waals surface area contributed by atoms with E-state index < -0.39 is 14.9 Å². The molecule has 0 bridgehead atoms. The second-order valence-electron chi connectivity index (χ2n) is 7.49. The predicted molar refractivity (Wildman–Crippen MR) is 117 cm³/mol. The van der Waals surface area contributed by atoms with Crippen LogP contribution in [0.2, 0.25) is 5.02 Å². The summed E-state index contributed by atoms with van der Waals surface area (Å²) in [5.74, 6) is 0.00745. The van der Waals surface area contributed by atoms with Crippen molar-refractivity contribution < 1.29 is 18.1 Å². The second kappa shape index (κ2) is 8.45. The van der Waals surface area contributed by atoms with Crippen LogP contribution < -0.4 is 10.2 Å². The van der Waals surface area contributed by atoms with Crippen molar-refractivity contribution in [3.8, 4) is 0 Å². The summed E-state index contributed by atoms with van der Waals surface area (Å²) < 4.78 is 26.8. The molecule has 0 unspecified atom stereocenters. The zero-order valence-electron chi connectivity index (χ0n) is 16.6. The first-order chi connectivity index (χ1) is 14.8. The largest absolute Gasteiger partial charge is 0.350 e. The predicted octanol–water partition coefficient (Wildman–Crippen LogP) is 3.90. The van der Waals surface area contributed by atoms with E-state index in [9.17, 15) is 23.3 Å². The first-order valence-electron chi connectivity index (χ1n) is 9.93. The van der Waals surface area contributed by atoms with Gasteiger partial charge in [0.2, 0.25) is 15.9 Å². The summed E-state index contributed by atoms with van der Waals surface area (Å²) in [5, 5.41) is 14.9. The minimum Gasteiger partial charge on any atom is -0.350 e. The smallest absolute Gasteiger partial charge is 0.294 e. The molecule has 4 rings (SSSR count). The minimum absolute atomic E-state index is 0.00745. The average molecular weight is 465 g/mol. The van der Waals surface area contributed by atoms with E-state index in [4.69, 9.17) is 11.6 Å². The number of anilines is 3. The van der Waals surface area contributed by atoms with Gasteiger partial charge in [-0.05, 0) is 49.6 Å². The molecule has 1 amide bonds. The number of carbonyl (C=O) groups is 1. The van der Waals surface area contributed by atoms with Gasteiger partial charge in [-0.1, -0.05) is 11.6 Å². The summed E-state index contributed by atoms with van der Waals surface area (Å²) in [6, 6.07) is 8.77. The zero-order valence-corrected chi connectivity index (χ0v) is 18.2. The number of nitrogens with one attached hydrogen (secondary N) is 1. The van der Waals surface area contributed by atoms with Gasteiger partial charge in [-0.2, -0.15) is 4.31 Å². The second-order valence-corrected chi connectivity index (χ2v) is 9.83. The molecule has 2 aromatic rings. The van der Waals surface area contributed by atoms with Crippen molar-refractivity contribution in [1.29, 1.82) is 0 Å². The van der Waals surface area contributed by atoms with E-state index in [1.165, 1.54) is 16.4 Å². The maximum absolute atomic E-state index is 12.7. The van der Waals surface area contributed by atoms with Crippen molar-refractivity contribution >= 4 is 50.3 Å². The number of rotatable bonds is 6. The number of nitrogens with zero attached hydrogens (tertiary/aromatic N) is 3. The highest BCUT2D eigenvalue weighted by atomic mass is 35.5. The van der Waals surface area contributed by atoms with E-state index in [1.54, 1.807) is 23.1 Å². The van der Waals surface area contributed by atoms with Crippen LogP contribution in [0.15, 0.2) is 41.3 Å². The normalized spacial score (nSPS) is 17.3. The van der Waals surface area contributed by atoms with Crippen molar-refractivity contribution in [3.05, 3.63) is 51.5 Å². The Kier molecular flexibility index (Phi) is 5.87. The van der Waals surface area contributed by atoms with Crippen molar-refractivity contribution in [2.45, 2.75) is 30.6 Å². The number of nitro benzene ring substituents is 1. The maximum Gasteiger partial charge on any atom is 0.294 e. The van der Waals surface area contributed by atoms with Crippen LogP contribution >= 0.6 is 11.6 Å². The molecule has 0 saturated carbocycles. The third-order valence-electron chi connectivity index (χ3n) is 5.46.